The molecule has 1 aromatic rings. The lowest BCUT2D eigenvalue weighted by Gasteiger charge is -1.97. The van der Waals surface area contributed by atoms with Crippen LogP contribution in [0.1, 0.15) is 12.5 Å². The van der Waals surface area contributed by atoms with Crippen molar-refractivity contribution >= 4 is 17.4 Å². The molecule has 0 aliphatic carbocycles. The lowest BCUT2D eigenvalue weighted by atomic mass is 10.2. The number of pyridine rings is 1. The van der Waals surface area contributed by atoms with E-state index in [1.54, 1.807) is 0 Å². The summed E-state index contributed by atoms with van der Waals surface area (Å²) in [4.78, 5) is 24.1. The Kier molecular flexibility index (Phi) is 4.00. The minimum absolute atomic E-state index is 0.117. The molecule has 88 valence electrons. The van der Waals surface area contributed by atoms with Crippen LogP contribution in [0, 0.1) is 22.0 Å². The van der Waals surface area contributed by atoms with Crippen molar-refractivity contribution in [3.63, 3.8) is 0 Å². The Morgan fingerprint density at radius 1 is 1.71 bits per heavy atom. The summed E-state index contributed by atoms with van der Waals surface area (Å²) in [7, 11) is 0. The number of amides is 1. The molecular formula is C10H10N4O3. The van der Waals surface area contributed by atoms with Gasteiger partial charge in [0.15, 0.2) is 0 Å². The molecule has 0 bridgehead atoms. The van der Waals surface area contributed by atoms with Gasteiger partial charge in [0.25, 0.3) is 5.69 Å². The van der Waals surface area contributed by atoms with Crippen LogP contribution in [0.4, 0.5) is 11.5 Å². The van der Waals surface area contributed by atoms with Crippen LogP contribution >= 0.6 is 0 Å². The molecule has 0 saturated heterocycles. The molecule has 17 heavy (non-hydrogen) atoms. The Morgan fingerprint density at radius 3 is 3.00 bits per heavy atom. The number of nitrogens with one attached hydrogen (secondary N) is 1. The lowest BCUT2D eigenvalue weighted by Crippen LogP contribution is -2.19. The van der Waals surface area contributed by atoms with Crippen LogP contribution in [-0.2, 0) is 4.79 Å². The number of nitrogens with zero attached hydrogens (tertiary/aromatic N) is 2. The van der Waals surface area contributed by atoms with Gasteiger partial charge in [-0.1, -0.05) is 11.8 Å². The summed E-state index contributed by atoms with van der Waals surface area (Å²) in [5, 5.41) is 13.0. The van der Waals surface area contributed by atoms with E-state index in [1.165, 1.54) is 13.0 Å². The molecule has 0 aliphatic rings. The van der Waals surface area contributed by atoms with Gasteiger partial charge in [-0.05, 0) is 0 Å². The zero-order chi connectivity index (χ0) is 12.8. The van der Waals surface area contributed by atoms with E-state index in [0.29, 0.717) is 0 Å². The van der Waals surface area contributed by atoms with Gasteiger partial charge in [0.2, 0.25) is 5.91 Å². The molecule has 0 atom stereocenters. The zero-order valence-corrected chi connectivity index (χ0v) is 9.06. The first-order chi connectivity index (χ1) is 8.00. The summed E-state index contributed by atoms with van der Waals surface area (Å²) >= 11 is 0. The second-order valence-electron chi connectivity index (χ2n) is 3.09. The van der Waals surface area contributed by atoms with Gasteiger partial charge >= 0.3 is 0 Å². The van der Waals surface area contributed by atoms with Crippen LogP contribution in [0.2, 0.25) is 0 Å². The highest BCUT2D eigenvalue weighted by Crippen LogP contribution is 2.15. The second-order valence-corrected chi connectivity index (χ2v) is 3.09. The van der Waals surface area contributed by atoms with Crippen molar-refractivity contribution in [2.75, 3.05) is 12.3 Å². The topological polar surface area (TPSA) is 111 Å². The van der Waals surface area contributed by atoms with Crippen LogP contribution in [0.5, 0.6) is 0 Å². The number of carbonyl (C=O) groups excluding carboxylic acids is 1. The summed E-state index contributed by atoms with van der Waals surface area (Å²) in [5.41, 5.74) is 5.60. The van der Waals surface area contributed by atoms with Crippen molar-refractivity contribution in [3.05, 3.63) is 27.9 Å². The second kappa shape index (κ2) is 5.46. The van der Waals surface area contributed by atoms with E-state index >= 15 is 0 Å². The number of nitrogens with two attached hydrogens (primary N) is 1. The van der Waals surface area contributed by atoms with Crippen molar-refractivity contribution < 1.29 is 9.72 Å². The van der Waals surface area contributed by atoms with E-state index in [0.717, 1.165) is 6.20 Å². The third kappa shape index (κ3) is 3.79. The first kappa shape index (κ1) is 12.4. The Balaban J connectivity index is 2.86. The van der Waals surface area contributed by atoms with Gasteiger partial charge in [-0.15, -0.1) is 0 Å². The van der Waals surface area contributed by atoms with Gasteiger partial charge in [-0.3, -0.25) is 14.9 Å². The summed E-state index contributed by atoms with van der Waals surface area (Å²) in [6.45, 7) is 1.52. The zero-order valence-electron chi connectivity index (χ0n) is 9.06. The average Bonchev–Trinajstić information content (AvgIpc) is 2.25. The molecule has 1 aromatic heterocycles. The van der Waals surface area contributed by atoms with Crippen LogP contribution < -0.4 is 11.1 Å². The van der Waals surface area contributed by atoms with Gasteiger partial charge in [-0.25, -0.2) is 4.98 Å². The highest BCUT2D eigenvalue weighted by atomic mass is 16.6. The van der Waals surface area contributed by atoms with E-state index in [4.69, 9.17) is 5.73 Å². The van der Waals surface area contributed by atoms with E-state index in [-0.39, 0.29) is 29.5 Å². The lowest BCUT2D eigenvalue weighted by molar-refractivity contribution is -0.385. The number of carbonyl (C=O) groups is 1. The van der Waals surface area contributed by atoms with Gasteiger partial charge in [0, 0.05) is 13.0 Å². The number of hydrogen-bond acceptors (Lipinski definition) is 5. The normalized spacial score (nSPS) is 9.00. The monoisotopic (exact) mass is 234 g/mol. The van der Waals surface area contributed by atoms with Gasteiger partial charge in [0.1, 0.15) is 12.0 Å². The number of hydrogen-bond donors (Lipinski definition) is 2. The van der Waals surface area contributed by atoms with Crippen molar-refractivity contribution in [3.8, 4) is 11.8 Å². The quantitative estimate of drug-likeness (QED) is 0.427. The van der Waals surface area contributed by atoms with Crippen LogP contribution in [0.15, 0.2) is 12.3 Å². The fraction of sp³-hybridized carbons (Fsp3) is 0.200. The van der Waals surface area contributed by atoms with E-state index < -0.39 is 4.92 Å². The minimum atomic E-state index is -0.578. The SMILES string of the molecule is CC(=O)NCC#Cc1cc([N+](=O)[O-])cnc1N. The van der Waals surface area contributed by atoms with Crippen molar-refractivity contribution in [1.29, 1.82) is 0 Å². The Bertz CT molecular complexity index is 516. The molecule has 0 unspecified atom stereocenters. The molecular weight excluding hydrogens is 224 g/mol. The largest absolute Gasteiger partial charge is 0.383 e. The number of aromatic nitrogens is 1. The summed E-state index contributed by atoms with van der Waals surface area (Å²) in [5.74, 6) is 5.13. The average molecular weight is 234 g/mol. The number of nitro groups is 1. The van der Waals surface area contributed by atoms with Crippen molar-refractivity contribution in [2.24, 2.45) is 0 Å². The van der Waals surface area contributed by atoms with Crippen molar-refractivity contribution in [1.82, 2.24) is 10.3 Å². The first-order valence-corrected chi connectivity index (χ1v) is 4.64. The third-order valence-corrected chi connectivity index (χ3v) is 1.76. The first-order valence-electron chi connectivity index (χ1n) is 4.64. The molecule has 7 heteroatoms. The fourth-order valence-electron chi connectivity index (χ4n) is 0.972. The summed E-state index contributed by atoms with van der Waals surface area (Å²) < 4.78 is 0. The molecule has 0 aliphatic heterocycles. The number of anilines is 1. The molecule has 0 aromatic carbocycles. The molecule has 1 amide bonds. The van der Waals surface area contributed by atoms with Gasteiger partial charge in [0.05, 0.1) is 17.0 Å². The van der Waals surface area contributed by atoms with E-state index in [9.17, 15) is 14.9 Å². The van der Waals surface area contributed by atoms with Crippen LogP contribution in [0.25, 0.3) is 0 Å². The highest BCUT2D eigenvalue weighted by molar-refractivity contribution is 5.73. The van der Waals surface area contributed by atoms with Gasteiger partial charge in [-0.2, -0.15) is 0 Å². The fourth-order valence-corrected chi connectivity index (χ4v) is 0.972. The van der Waals surface area contributed by atoms with Gasteiger partial charge < -0.3 is 11.1 Å². The maximum atomic E-state index is 10.6. The minimum Gasteiger partial charge on any atom is -0.383 e. The smallest absolute Gasteiger partial charge is 0.288 e. The predicted octanol–water partition coefficient (Wildman–Crippen LogP) is 0.0596. The van der Waals surface area contributed by atoms with Crippen molar-refractivity contribution in [2.45, 2.75) is 6.92 Å². The van der Waals surface area contributed by atoms with E-state index in [1.807, 2.05) is 0 Å². The molecule has 0 saturated carbocycles. The molecule has 0 fully saturated rings. The van der Waals surface area contributed by atoms with E-state index in [2.05, 4.69) is 22.1 Å². The number of nitrogen functional groups attached to an aromatic ring is 1. The van der Waals surface area contributed by atoms with Crippen LogP contribution in [0.3, 0.4) is 0 Å². The number of rotatable bonds is 2. The molecule has 0 spiro atoms. The highest BCUT2D eigenvalue weighted by Gasteiger charge is 2.08. The third-order valence-electron chi connectivity index (χ3n) is 1.76. The molecule has 7 nitrogen and oxygen atoms in total. The molecule has 1 heterocycles. The maximum absolute atomic E-state index is 10.6. The molecule has 3 N–H and O–H groups in total. The standard InChI is InChI=1S/C10H10N4O3/c1-7(15)12-4-2-3-8-5-9(14(16)17)6-13-10(8)11/h5-6H,4H2,1H3,(H2,11,13)(H,12,15). The molecule has 1 rings (SSSR count). The summed E-state index contributed by atoms with van der Waals surface area (Å²) in [6, 6.07) is 1.24. The Labute approximate surface area is 97.2 Å². The Hall–Kier alpha value is -2.62. The van der Waals surface area contributed by atoms with Crippen LogP contribution in [-0.4, -0.2) is 22.4 Å². The predicted molar refractivity (Wildman–Crippen MR) is 60.9 cm³/mol. The maximum Gasteiger partial charge on any atom is 0.288 e. The Morgan fingerprint density at radius 2 is 2.41 bits per heavy atom. The molecule has 0 radical (unpaired) electrons. The summed E-state index contributed by atoms with van der Waals surface area (Å²) in [6.07, 6.45) is 1.06.